The monoisotopic (exact) mass is 293 g/mol. The van der Waals surface area contributed by atoms with Crippen molar-refractivity contribution in [2.45, 2.75) is 6.42 Å². The van der Waals surface area contributed by atoms with Gasteiger partial charge in [-0.05, 0) is 23.8 Å². The van der Waals surface area contributed by atoms with E-state index in [9.17, 15) is 4.79 Å². The first-order valence-electron chi connectivity index (χ1n) is 5.11. The molecule has 4 nitrogen and oxygen atoms in total. The first-order valence-corrected chi connectivity index (χ1v) is 5.90. The van der Waals surface area contributed by atoms with Crippen molar-refractivity contribution < 1.29 is 4.79 Å². The average molecular weight is 294 g/mol. The van der Waals surface area contributed by atoms with Crippen LogP contribution in [0, 0.1) is 0 Å². The van der Waals surface area contributed by atoms with Crippen LogP contribution < -0.4 is 5.73 Å². The number of halogens is 1. The first-order chi connectivity index (χ1) is 8.04. The van der Waals surface area contributed by atoms with Gasteiger partial charge in [-0.1, -0.05) is 15.9 Å². The van der Waals surface area contributed by atoms with Crippen molar-refractivity contribution in [1.29, 1.82) is 0 Å². The molecule has 0 aliphatic rings. The highest BCUT2D eigenvalue weighted by Crippen LogP contribution is 2.18. The van der Waals surface area contributed by atoms with Gasteiger partial charge in [0.1, 0.15) is 0 Å². The van der Waals surface area contributed by atoms with Gasteiger partial charge in [-0.2, -0.15) is 5.10 Å². The zero-order valence-corrected chi connectivity index (χ0v) is 10.9. The van der Waals surface area contributed by atoms with Crippen LogP contribution in [0.2, 0.25) is 0 Å². The standard InChI is InChI=1S/C12H12BrN3O/c1-16-7-8(6-15-16)2-12(17)9-3-10(13)5-11(14)4-9/h3-7H,2,14H2,1H3. The molecule has 17 heavy (non-hydrogen) atoms. The number of carbonyl (C=O) groups is 1. The van der Waals surface area contributed by atoms with Crippen LogP contribution in [0.5, 0.6) is 0 Å². The second-order valence-corrected chi connectivity index (χ2v) is 4.81. The Morgan fingerprint density at radius 2 is 2.24 bits per heavy atom. The molecule has 0 spiro atoms. The Morgan fingerprint density at radius 1 is 1.47 bits per heavy atom. The number of anilines is 1. The van der Waals surface area contributed by atoms with Gasteiger partial charge in [0.25, 0.3) is 0 Å². The van der Waals surface area contributed by atoms with Crippen LogP contribution in [0.3, 0.4) is 0 Å². The molecule has 1 heterocycles. The molecule has 2 aromatic rings. The summed E-state index contributed by atoms with van der Waals surface area (Å²) < 4.78 is 2.49. The van der Waals surface area contributed by atoms with Crippen molar-refractivity contribution in [1.82, 2.24) is 9.78 Å². The molecule has 0 aliphatic heterocycles. The molecule has 1 aromatic carbocycles. The van der Waals surface area contributed by atoms with Gasteiger partial charge < -0.3 is 5.73 Å². The fourth-order valence-corrected chi connectivity index (χ4v) is 2.13. The number of benzene rings is 1. The lowest BCUT2D eigenvalue weighted by atomic mass is 10.1. The van der Waals surface area contributed by atoms with E-state index in [4.69, 9.17) is 5.73 Å². The number of nitrogens with zero attached hydrogens (tertiary/aromatic N) is 2. The van der Waals surface area contributed by atoms with Crippen molar-refractivity contribution in [2.75, 3.05) is 5.73 Å². The van der Waals surface area contributed by atoms with Crippen LogP contribution in [0.4, 0.5) is 5.69 Å². The number of Topliss-reactive ketones (excluding diaryl/α,β-unsaturated/α-hetero) is 1. The predicted molar refractivity (Wildman–Crippen MR) is 69.8 cm³/mol. The molecule has 0 saturated heterocycles. The molecule has 0 radical (unpaired) electrons. The SMILES string of the molecule is Cn1cc(CC(=O)c2cc(N)cc(Br)c2)cn1. The van der Waals surface area contributed by atoms with E-state index in [0.717, 1.165) is 10.0 Å². The minimum absolute atomic E-state index is 0.0333. The lowest BCUT2D eigenvalue weighted by Gasteiger charge is -2.02. The van der Waals surface area contributed by atoms with Gasteiger partial charge in [0.2, 0.25) is 0 Å². The molecule has 2 N–H and O–H groups in total. The number of hydrogen-bond donors (Lipinski definition) is 1. The fraction of sp³-hybridized carbons (Fsp3) is 0.167. The minimum Gasteiger partial charge on any atom is -0.399 e. The summed E-state index contributed by atoms with van der Waals surface area (Å²) in [6.07, 6.45) is 3.86. The number of rotatable bonds is 3. The maximum Gasteiger partial charge on any atom is 0.167 e. The molecule has 0 aliphatic carbocycles. The molecule has 1 aromatic heterocycles. The number of aryl methyl sites for hydroxylation is 1. The van der Waals surface area contributed by atoms with Crippen LogP contribution in [0.25, 0.3) is 0 Å². The Morgan fingerprint density at radius 3 is 2.82 bits per heavy atom. The highest BCUT2D eigenvalue weighted by atomic mass is 79.9. The molecule has 88 valence electrons. The zero-order valence-electron chi connectivity index (χ0n) is 9.35. The van der Waals surface area contributed by atoms with Gasteiger partial charge in [-0.15, -0.1) is 0 Å². The molecule has 5 heteroatoms. The van der Waals surface area contributed by atoms with E-state index < -0.39 is 0 Å². The van der Waals surface area contributed by atoms with Gasteiger partial charge in [0.15, 0.2) is 5.78 Å². The van der Waals surface area contributed by atoms with E-state index in [0.29, 0.717) is 17.7 Å². The molecular weight excluding hydrogens is 282 g/mol. The molecule has 0 unspecified atom stereocenters. The van der Waals surface area contributed by atoms with Gasteiger partial charge in [-0.25, -0.2) is 0 Å². The molecule has 0 atom stereocenters. The largest absolute Gasteiger partial charge is 0.399 e. The number of nitrogen functional groups attached to an aromatic ring is 1. The number of ketones is 1. The smallest absolute Gasteiger partial charge is 0.167 e. The van der Waals surface area contributed by atoms with Crippen molar-refractivity contribution in [3.05, 3.63) is 46.2 Å². The topological polar surface area (TPSA) is 60.9 Å². The molecule has 2 rings (SSSR count). The lowest BCUT2D eigenvalue weighted by molar-refractivity contribution is 0.0993. The highest BCUT2D eigenvalue weighted by molar-refractivity contribution is 9.10. The van der Waals surface area contributed by atoms with E-state index in [1.807, 2.05) is 13.2 Å². The quantitative estimate of drug-likeness (QED) is 0.697. The zero-order chi connectivity index (χ0) is 12.4. The number of nitrogens with two attached hydrogens (primary N) is 1. The van der Waals surface area contributed by atoms with Crippen LogP contribution >= 0.6 is 15.9 Å². The van der Waals surface area contributed by atoms with E-state index in [1.165, 1.54) is 0 Å². The summed E-state index contributed by atoms with van der Waals surface area (Å²) >= 11 is 3.32. The Bertz CT molecular complexity index is 542. The lowest BCUT2D eigenvalue weighted by Crippen LogP contribution is -2.04. The summed E-state index contributed by atoms with van der Waals surface area (Å²) in [5.41, 5.74) is 7.78. The Balaban J connectivity index is 2.19. The summed E-state index contributed by atoms with van der Waals surface area (Å²) in [6.45, 7) is 0. The Kier molecular flexibility index (Phi) is 3.28. The summed E-state index contributed by atoms with van der Waals surface area (Å²) in [7, 11) is 1.82. The van der Waals surface area contributed by atoms with Crippen LogP contribution in [0.1, 0.15) is 15.9 Å². The Hall–Kier alpha value is -1.62. The summed E-state index contributed by atoms with van der Waals surface area (Å²) in [4.78, 5) is 12.0. The maximum atomic E-state index is 12.0. The van der Waals surface area contributed by atoms with Gasteiger partial charge in [-0.3, -0.25) is 9.48 Å². The molecule has 0 amide bonds. The minimum atomic E-state index is 0.0333. The van der Waals surface area contributed by atoms with Crippen molar-refractivity contribution >= 4 is 27.4 Å². The summed E-state index contributed by atoms with van der Waals surface area (Å²) in [6, 6.07) is 5.22. The van der Waals surface area contributed by atoms with Crippen molar-refractivity contribution in [2.24, 2.45) is 7.05 Å². The van der Waals surface area contributed by atoms with Gasteiger partial charge >= 0.3 is 0 Å². The van der Waals surface area contributed by atoms with E-state index in [2.05, 4.69) is 21.0 Å². The number of hydrogen-bond acceptors (Lipinski definition) is 3. The van der Waals surface area contributed by atoms with Crippen molar-refractivity contribution in [3.63, 3.8) is 0 Å². The summed E-state index contributed by atoms with van der Waals surface area (Å²) in [5.74, 6) is 0.0333. The third-order valence-electron chi connectivity index (χ3n) is 2.37. The fourth-order valence-electron chi connectivity index (χ4n) is 1.62. The van der Waals surface area contributed by atoms with Crippen LogP contribution in [0.15, 0.2) is 35.1 Å². The Labute approximate surface area is 108 Å². The summed E-state index contributed by atoms with van der Waals surface area (Å²) in [5, 5.41) is 4.03. The van der Waals surface area contributed by atoms with Crippen molar-refractivity contribution in [3.8, 4) is 0 Å². The van der Waals surface area contributed by atoms with Gasteiger partial charge in [0, 0.05) is 35.4 Å². The third-order valence-corrected chi connectivity index (χ3v) is 2.82. The highest BCUT2D eigenvalue weighted by Gasteiger charge is 2.09. The molecule has 0 saturated carbocycles. The van der Waals surface area contributed by atoms with Crippen LogP contribution in [-0.2, 0) is 13.5 Å². The molecule has 0 bridgehead atoms. The van der Waals surface area contributed by atoms with Gasteiger partial charge in [0.05, 0.1) is 6.20 Å². The van der Waals surface area contributed by atoms with E-state index in [1.54, 1.807) is 29.1 Å². The molecular formula is C12H12BrN3O. The van der Waals surface area contributed by atoms with E-state index >= 15 is 0 Å². The normalized spacial score (nSPS) is 10.5. The second kappa shape index (κ2) is 4.71. The second-order valence-electron chi connectivity index (χ2n) is 3.90. The number of carbonyl (C=O) groups excluding carboxylic acids is 1. The average Bonchev–Trinajstić information content (AvgIpc) is 2.62. The maximum absolute atomic E-state index is 12.0. The predicted octanol–water partition coefficient (Wildman–Crippen LogP) is 2.19. The van der Waals surface area contributed by atoms with Crippen LogP contribution in [-0.4, -0.2) is 15.6 Å². The molecule has 0 fully saturated rings. The van der Waals surface area contributed by atoms with E-state index in [-0.39, 0.29) is 5.78 Å². The first kappa shape index (κ1) is 11.9. The number of aromatic nitrogens is 2. The third kappa shape index (κ3) is 2.94.